The fraction of sp³-hybridized carbons (Fsp3) is 0.391. The van der Waals surface area contributed by atoms with Crippen molar-refractivity contribution in [1.29, 1.82) is 0 Å². The lowest BCUT2D eigenvalue weighted by Crippen LogP contribution is -2.36. The highest BCUT2D eigenvalue weighted by atomic mass is 19.4. The normalized spacial score (nSPS) is 15.8. The summed E-state index contributed by atoms with van der Waals surface area (Å²) >= 11 is 0. The molecule has 0 amide bonds. The van der Waals surface area contributed by atoms with Crippen LogP contribution < -0.4 is 10.2 Å². The van der Waals surface area contributed by atoms with E-state index in [1.807, 2.05) is 4.90 Å². The maximum Gasteiger partial charge on any atom is 0.416 e. The molecule has 4 rings (SSSR count). The number of benzene rings is 2. The number of fused-ring (bicyclic) bond motifs is 1. The Morgan fingerprint density at radius 1 is 1.06 bits per heavy atom. The molecular weight excluding hydrogens is 424 g/mol. The summed E-state index contributed by atoms with van der Waals surface area (Å²) in [7, 11) is 0. The summed E-state index contributed by atoms with van der Waals surface area (Å²) in [6.07, 6.45) is -4.43. The lowest BCUT2D eigenvalue weighted by atomic mass is 9.97. The molecule has 1 atom stereocenters. The number of ether oxygens (including phenoxy) is 1. The number of hydrogen-bond donors (Lipinski definition) is 1. The molecule has 3 aromatic rings. The van der Waals surface area contributed by atoms with Gasteiger partial charge in [0.25, 0.3) is 0 Å². The molecule has 5 nitrogen and oxygen atoms in total. The number of aromatic nitrogens is 2. The summed E-state index contributed by atoms with van der Waals surface area (Å²) < 4.78 is 60.3. The highest BCUT2D eigenvalue weighted by Gasteiger charge is 2.33. The number of alkyl halides is 3. The van der Waals surface area contributed by atoms with Crippen LogP contribution in [0.15, 0.2) is 30.3 Å². The molecule has 32 heavy (non-hydrogen) atoms. The number of hydrogen-bond acceptors (Lipinski definition) is 5. The first-order chi connectivity index (χ1) is 15.2. The number of rotatable bonds is 4. The van der Waals surface area contributed by atoms with E-state index in [1.165, 1.54) is 19.1 Å². The number of aryl methyl sites for hydroxylation is 1. The van der Waals surface area contributed by atoms with Gasteiger partial charge < -0.3 is 15.0 Å². The molecule has 0 aliphatic carbocycles. The molecule has 9 heteroatoms. The first-order valence-electron chi connectivity index (χ1n) is 10.4. The van der Waals surface area contributed by atoms with Crippen LogP contribution in [0.3, 0.4) is 0 Å². The quantitative estimate of drug-likeness (QED) is 0.541. The minimum Gasteiger partial charge on any atom is -0.378 e. The van der Waals surface area contributed by atoms with E-state index < -0.39 is 17.8 Å². The summed E-state index contributed by atoms with van der Waals surface area (Å²) in [6, 6.07) is 6.82. The van der Waals surface area contributed by atoms with Crippen LogP contribution in [0, 0.1) is 19.7 Å². The average molecular weight is 448 g/mol. The second kappa shape index (κ2) is 8.54. The molecule has 1 aliphatic heterocycles. The van der Waals surface area contributed by atoms with Crippen LogP contribution in [0.1, 0.15) is 35.3 Å². The van der Waals surface area contributed by atoms with Crippen molar-refractivity contribution in [2.75, 3.05) is 36.5 Å². The lowest BCUT2D eigenvalue weighted by molar-refractivity contribution is -0.138. The standard InChI is InChI=1S/C23H24F4N4O/c1-13-16(5-4-6-19(13)23(25,26)27)14(2)28-22-18-12-21(31-7-9-32-10-8-31)20(24)11-17(18)15(3)29-30-22/h4-6,11-12,14H,7-10H2,1-3H3,(H,28,30)/t14-/m1/s1. The largest absolute Gasteiger partial charge is 0.416 e. The van der Waals surface area contributed by atoms with Gasteiger partial charge in [-0.05, 0) is 50.1 Å². The zero-order chi connectivity index (χ0) is 23.0. The average Bonchev–Trinajstić information content (AvgIpc) is 2.75. The molecule has 0 radical (unpaired) electrons. The van der Waals surface area contributed by atoms with Gasteiger partial charge >= 0.3 is 6.18 Å². The van der Waals surface area contributed by atoms with Crippen molar-refractivity contribution in [3.05, 3.63) is 58.5 Å². The second-order valence-corrected chi connectivity index (χ2v) is 7.97. The van der Waals surface area contributed by atoms with E-state index in [0.717, 1.165) is 6.07 Å². The van der Waals surface area contributed by atoms with E-state index in [0.29, 0.717) is 59.8 Å². The van der Waals surface area contributed by atoms with Crippen molar-refractivity contribution in [3.63, 3.8) is 0 Å². The van der Waals surface area contributed by atoms with Gasteiger partial charge in [0, 0.05) is 23.9 Å². The number of morpholine rings is 1. The van der Waals surface area contributed by atoms with E-state index in [9.17, 15) is 17.6 Å². The Labute approximate surface area is 183 Å². The lowest BCUT2D eigenvalue weighted by Gasteiger charge is -2.29. The first-order valence-corrected chi connectivity index (χ1v) is 10.4. The smallest absolute Gasteiger partial charge is 0.378 e. The Bertz CT molecular complexity index is 1140. The highest BCUT2D eigenvalue weighted by molar-refractivity contribution is 5.95. The van der Waals surface area contributed by atoms with Crippen molar-refractivity contribution in [3.8, 4) is 0 Å². The predicted molar refractivity (Wildman–Crippen MR) is 115 cm³/mol. The molecule has 0 unspecified atom stereocenters. The van der Waals surface area contributed by atoms with Gasteiger partial charge in [-0.3, -0.25) is 0 Å². The van der Waals surface area contributed by atoms with Crippen LogP contribution in [0.5, 0.6) is 0 Å². The van der Waals surface area contributed by atoms with Crippen LogP contribution in [0.2, 0.25) is 0 Å². The van der Waals surface area contributed by atoms with Crippen molar-refractivity contribution in [1.82, 2.24) is 10.2 Å². The Kier molecular flexibility index (Phi) is 5.94. The summed E-state index contributed by atoms with van der Waals surface area (Å²) in [5.41, 5.74) is 1.01. The minimum absolute atomic E-state index is 0.157. The Morgan fingerprint density at radius 3 is 2.47 bits per heavy atom. The molecule has 1 aliphatic rings. The number of anilines is 2. The third-order valence-corrected chi connectivity index (χ3v) is 5.88. The van der Waals surface area contributed by atoms with Crippen LogP contribution >= 0.6 is 0 Å². The molecule has 1 aromatic heterocycles. The topological polar surface area (TPSA) is 50.3 Å². The minimum atomic E-state index is -4.43. The fourth-order valence-corrected chi connectivity index (χ4v) is 4.16. The van der Waals surface area contributed by atoms with Gasteiger partial charge in [-0.15, -0.1) is 5.10 Å². The van der Waals surface area contributed by atoms with Crippen molar-refractivity contribution in [2.24, 2.45) is 0 Å². The predicted octanol–water partition coefficient (Wildman–Crippen LogP) is 5.41. The molecule has 0 saturated carbocycles. The van der Waals surface area contributed by atoms with Crippen LogP contribution in [0.4, 0.5) is 29.1 Å². The van der Waals surface area contributed by atoms with Gasteiger partial charge in [0.05, 0.1) is 36.2 Å². The molecule has 1 fully saturated rings. The zero-order valence-electron chi connectivity index (χ0n) is 18.1. The first kappa shape index (κ1) is 22.3. The maximum absolute atomic E-state index is 14.9. The zero-order valence-corrected chi connectivity index (χ0v) is 18.1. The van der Waals surface area contributed by atoms with E-state index in [4.69, 9.17) is 4.74 Å². The number of nitrogens with zero attached hydrogens (tertiary/aromatic N) is 3. The van der Waals surface area contributed by atoms with Crippen molar-refractivity contribution < 1.29 is 22.3 Å². The van der Waals surface area contributed by atoms with Gasteiger partial charge in [-0.2, -0.15) is 18.3 Å². The molecule has 1 saturated heterocycles. The van der Waals surface area contributed by atoms with Crippen molar-refractivity contribution in [2.45, 2.75) is 33.0 Å². The number of halogens is 4. The van der Waals surface area contributed by atoms with Crippen molar-refractivity contribution >= 4 is 22.3 Å². The van der Waals surface area contributed by atoms with Crippen LogP contribution in [0.25, 0.3) is 10.8 Å². The molecule has 2 heterocycles. The van der Waals surface area contributed by atoms with Gasteiger partial charge in [-0.1, -0.05) is 12.1 Å². The summed E-state index contributed by atoms with van der Waals surface area (Å²) in [5, 5.41) is 12.8. The molecule has 2 aromatic carbocycles. The van der Waals surface area contributed by atoms with Crippen LogP contribution in [-0.4, -0.2) is 36.5 Å². The Balaban J connectivity index is 1.74. The monoisotopic (exact) mass is 448 g/mol. The fourth-order valence-electron chi connectivity index (χ4n) is 4.16. The molecule has 0 bridgehead atoms. The third-order valence-electron chi connectivity index (χ3n) is 5.88. The summed E-state index contributed by atoms with van der Waals surface area (Å²) in [4.78, 5) is 1.91. The molecule has 0 spiro atoms. The summed E-state index contributed by atoms with van der Waals surface area (Å²) in [6.45, 7) is 7.14. The Hall–Kier alpha value is -2.94. The van der Waals surface area contributed by atoms with Gasteiger partial charge in [0.1, 0.15) is 5.82 Å². The van der Waals surface area contributed by atoms with E-state index in [1.54, 1.807) is 26.0 Å². The molecule has 170 valence electrons. The van der Waals surface area contributed by atoms with Gasteiger partial charge in [0.2, 0.25) is 0 Å². The maximum atomic E-state index is 14.9. The SMILES string of the molecule is Cc1c([C@@H](C)Nc2nnc(C)c3cc(F)c(N4CCOCC4)cc23)cccc1C(F)(F)F. The van der Waals surface area contributed by atoms with E-state index in [2.05, 4.69) is 15.5 Å². The third kappa shape index (κ3) is 4.21. The Morgan fingerprint density at radius 2 is 1.78 bits per heavy atom. The van der Waals surface area contributed by atoms with Gasteiger partial charge in [-0.25, -0.2) is 4.39 Å². The van der Waals surface area contributed by atoms with Gasteiger partial charge in [0.15, 0.2) is 5.82 Å². The highest BCUT2D eigenvalue weighted by Crippen LogP contribution is 2.36. The summed E-state index contributed by atoms with van der Waals surface area (Å²) in [5.74, 6) is 0.0349. The van der Waals surface area contributed by atoms with E-state index in [-0.39, 0.29) is 11.4 Å². The second-order valence-electron chi connectivity index (χ2n) is 7.97. The molecule has 1 N–H and O–H groups in total. The van der Waals surface area contributed by atoms with E-state index >= 15 is 0 Å². The molecular formula is C23H24F4N4O. The number of nitrogens with one attached hydrogen (secondary N) is 1. The van der Waals surface area contributed by atoms with Crippen LogP contribution in [-0.2, 0) is 10.9 Å².